The van der Waals surface area contributed by atoms with Gasteiger partial charge in [0.15, 0.2) is 6.10 Å². The summed E-state index contributed by atoms with van der Waals surface area (Å²) in [6.07, 6.45) is -0.0921. The zero-order valence-electron chi connectivity index (χ0n) is 41.4. The Morgan fingerprint density at radius 3 is 2.20 bits per heavy atom. The molecule has 384 valence electrons. The molecule has 2 unspecified atom stereocenters. The Balaban J connectivity index is 1.23. The predicted octanol–water partition coefficient (Wildman–Crippen LogP) is 2.87. The number of alkyl carbamates (subject to hydrolysis) is 1. The first-order valence-electron chi connectivity index (χ1n) is 24.0. The van der Waals surface area contributed by atoms with E-state index in [4.69, 9.17) is 19.3 Å². The summed E-state index contributed by atoms with van der Waals surface area (Å²) in [6, 6.07) is 2.69. The number of nitrogens with zero attached hydrogens (tertiary/aromatic N) is 2. The molecule has 1 aromatic carbocycles. The number of carbonyl (C=O) groups is 6. The maximum absolute atomic E-state index is 13.4. The van der Waals surface area contributed by atoms with Crippen LogP contribution in [0.15, 0.2) is 35.6 Å². The van der Waals surface area contributed by atoms with Gasteiger partial charge in [-0.25, -0.2) is 9.59 Å². The maximum atomic E-state index is 13.4. The van der Waals surface area contributed by atoms with Gasteiger partial charge in [0.2, 0.25) is 23.6 Å². The molecule has 0 aromatic heterocycles. The Kier molecular flexibility index (Phi) is 18.0. The van der Waals surface area contributed by atoms with Gasteiger partial charge in [-0.1, -0.05) is 47.3 Å². The van der Waals surface area contributed by atoms with E-state index in [-0.39, 0.29) is 72.6 Å². The molecule has 69 heavy (non-hydrogen) atoms. The molecule has 5 fully saturated rings. The van der Waals surface area contributed by atoms with Crippen molar-refractivity contribution in [1.82, 2.24) is 26.3 Å². The summed E-state index contributed by atoms with van der Waals surface area (Å²) in [7, 11) is 0. The Bertz CT molecular complexity index is 2080. The number of allylic oxidation sites excluding steroid dienone is 1. The van der Waals surface area contributed by atoms with Gasteiger partial charge in [-0.05, 0) is 117 Å². The van der Waals surface area contributed by atoms with Crippen molar-refractivity contribution in [2.75, 3.05) is 31.6 Å². The third-order valence-electron chi connectivity index (χ3n) is 13.8. The van der Waals surface area contributed by atoms with Crippen molar-refractivity contribution in [2.45, 2.75) is 168 Å². The standard InChI is InChI=1S/C49H75N7O13/c1-10-15-52-56(29(4)5)27-48-22-46(8)21-47(9,23-48)25-49(24-46,26-48)68-17-16-50-45(66)67-20-33-11-13-34(18-32(33)12-14-35-38(59)39(60)40(61)41(69-35)44(64)65)54-42(62)30(6)53-43(63)37(28(2)3)55-36(58)19-51-31(7)57/h11,13,15,18,28,30,35,37-41,59-61H,4,10,12,14,16-17,19-27H2,1-3,5-9H3,(H,50,66)(H,51,57)(H,53,63)(H,54,62)(H,55,58)(H,64,65)/b52-15-/t30-,35-,37-,38-,39+,40-,41-,46?,47?,48?,49?/m0/s1. The van der Waals surface area contributed by atoms with Crippen LogP contribution in [0.25, 0.3) is 0 Å². The van der Waals surface area contributed by atoms with Gasteiger partial charge in [0.1, 0.15) is 37.0 Å². The molecule has 6 rings (SSSR count). The van der Waals surface area contributed by atoms with E-state index in [1.807, 2.05) is 18.1 Å². The number of carbonyl (C=O) groups excluding carboxylic acids is 5. The SMILES string of the molecule is C=C(C)N(CC12CC3(C)CC(C)(C1)CC(OCCNC(=O)OCc1ccc(NC(=O)[C@H](C)NC(=O)[C@@H](NC(=O)CNC(C)=O)C(C)C)cc1CC[C@@H]1O[C@H](C(=O)O)[C@@H](O)[C@H](O)[C@H]1O)(C3)C2)/N=C\CC. The molecule has 20 nitrogen and oxygen atoms in total. The molecule has 4 bridgehead atoms. The van der Waals surface area contributed by atoms with Crippen LogP contribution < -0.4 is 26.6 Å². The highest BCUT2D eigenvalue weighted by molar-refractivity contribution is 5.98. The van der Waals surface area contributed by atoms with Crippen LogP contribution in [-0.4, -0.2) is 142 Å². The number of rotatable bonds is 23. The molecular formula is C49H75N7O13. The van der Waals surface area contributed by atoms with Crippen molar-refractivity contribution < 1.29 is 63.4 Å². The van der Waals surface area contributed by atoms with Crippen molar-refractivity contribution in [3.8, 4) is 0 Å². The number of carboxylic acids is 1. The summed E-state index contributed by atoms with van der Waals surface area (Å²) < 4.78 is 17.9. The van der Waals surface area contributed by atoms with E-state index in [9.17, 15) is 49.2 Å². The average molecular weight is 970 g/mol. The first-order valence-corrected chi connectivity index (χ1v) is 24.0. The Morgan fingerprint density at radius 1 is 0.913 bits per heavy atom. The minimum atomic E-state index is -1.86. The van der Waals surface area contributed by atoms with Crippen molar-refractivity contribution in [1.29, 1.82) is 0 Å². The highest BCUT2D eigenvalue weighted by Crippen LogP contribution is 2.71. The number of anilines is 1. The summed E-state index contributed by atoms with van der Waals surface area (Å²) in [5.41, 5.74) is 2.09. The third-order valence-corrected chi connectivity index (χ3v) is 13.8. The van der Waals surface area contributed by atoms with Crippen molar-refractivity contribution >= 4 is 47.6 Å². The smallest absolute Gasteiger partial charge is 0.407 e. The van der Waals surface area contributed by atoms with Crippen LogP contribution in [0.3, 0.4) is 0 Å². The van der Waals surface area contributed by atoms with E-state index < -0.39 is 78.3 Å². The lowest BCUT2D eigenvalue weighted by molar-refractivity contribution is -0.246. The van der Waals surface area contributed by atoms with Crippen LogP contribution in [0, 0.1) is 22.2 Å². The van der Waals surface area contributed by atoms with Crippen LogP contribution in [0.1, 0.15) is 118 Å². The van der Waals surface area contributed by atoms with Gasteiger partial charge in [0, 0.05) is 37.6 Å². The van der Waals surface area contributed by atoms with E-state index >= 15 is 0 Å². The normalized spacial score (nSPS) is 30.0. The highest BCUT2D eigenvalue weighted by Gasteiger charge is 2.66. The maximum Gasteiger partial charge on any atom is 0.407 e. The Morgan fingerprint density at radius 2 is 1.59 bits per heavy atom. The number of carboxylic acid groups (broad SMARTS) is 1. The first kappa shape index (κ1) is 54.8. The zero-order chi connectivity index (χ0) is 51.1. The number of aliphatic hydroxyl groups excluding tert-OH is 3. The molecule has 0 spiro atoms. The number of aryl methyl sites for hydroxylation is 1. The molecule has 5 amide bonds. The topological polar surface area (TPSA) is 287 Å². The molecule has 9 atom stereocenters. The Hall–Kier alpha value is -5.15. The first-order chi connectivity index (χ1) is 32.3. The van der Waals surface area contributed by atoms with Crippen molar-refractivity contribution in [3.05, 3.63) is 41.6 Å². The highest BCUT2D eigenvalue weighted by atomic mass is 16.6. The zero-order valence-corrected chi connectivity index (χ0v) is 41.4. The number of benzene rings is 1. The summed E-state index contributed by atoms with van der Waals surface area (Å²) in [6.45, 7) is 19.8. The van der Waals surface area contributed by atoms with Gasteiger partial charge in [-0.3, -0.25) is 24.2 Å². The lowest BCUT2D eigenvalue weighted by Crippen LogP contribution is -2.65. The third kappa shape index (κ3) is 14.2. The molecule has 20 heteroatoms. The molecule has 1 saturated heterocycles. The number of ether oxygens (including phenoxy) is 3. The minimum absolute atomic E-state index is 0.00722. The van der Waals surface area contributed by atoms with Crippen LogP contribution in [0.4, 0.5) is 10.5 Å². The molecule has 4 aliphatic carbocycles. The Labute approximate surface area is 404 Å². The number of hydrazone groups is 1. The van der Waals surface area contributed by atoms with Crippen LogP contribution in [-0.2, 0) is 51.2 Å². The van der Waals surface area contributed by atoms with E-state index in [1.165, 1.54) is 13.8 Å². The molecular weight excluding hydrogens is 895 g/mol. The largest absolute Gasteiger partial charge is 0.479 e. The van der Waals surface area contributed by atoms with Crippen LogP contribution in [0.2, 0.25) is 0 Å². The molecule has 1 heterocycles. The number of hydrogen-bond acceptors (Lipinski definition) is 14. The summed E-state index contributed by atoms with van der Waals surface area (Å²) >= 11 is 0. The fourth-order valence-electron chi connectivity index (χ4n) is 11.9. The fourth-order valence-corrected chi connectivity index (χ4v) is 11.9. The van der Waals surface area contributed by atoms with Crippen molar-refractivity contribution in [2.24, 2.45) is 27.3 Å². The lowest BCUT2D eigenvalue weighted by atomic mass is 9.39. The summed E-state index contributed by atoms with van der Waals surface area (Å²) in [5, 5.41) is 60.8. The number of aliphatic carboxylic acids is 1. The average Bonchev–Trinajstić information content (AvgIpc) is 3.24. The van der Waals surface area contributed by atoms with E-state index in [0.29, 0.717) is 11.1 Å². The van der Waals surface area contributed by atoms with E-state index in [1.54, 1.807) is 32.0 Å². The summed E-state index contributed by atoms with van der Waals surface area (Å²) in [5.74, 6) is -4.11. The van der Waals surface area contributed by atoms with Gasteiger partial charge in [0.25, 0.3) is 0 Å². The number of amides is 5. The van der Waals surface area contributed by atoms with E-state index in [0.717, 1.165) is 57.2 Å². The number of hydrogen-bond donors (Lipinski definition) is 9. The second kappa shape index (κ2) is 22.7. The fraction of sp³-hybridized carbons (Fsp3) is 0.694. The number of nitrogens with one attached hydrogen (secondary N) is 5. The van der Waals surface area contributed by atoms with Gasteiger partial charge in [0.05, 0.1) is 24.9 Å². The second-order valence-corrected chi connectivity index (χ2v) is 21.1. The van der Waals surface area contributed by atoms with Gasteiger partial charge in [-0.2, -0.15) is 5.10 Å². The monoisotopic (exact) mass is 970 g/mol. The van der Waals surface area contributed by atoms with Crippen LogP contribution in [0.5, 0.6) is 0 Å². The van der Waals surface area contributed by atoms with Gasteiger partial charge < -0.3 is 61.2 Å². The predicted molar refractivity (Wildman–Crippen MR) is 254 cm³/mol. The quantitative estimate of drug-likeness (QED) is 0.0434. The molecule has 9 N–H and O–H groups in total. The second-order valence-electron chi connectivity index (χ2n) is 21.1. The molecule has 1 aromatic rings. The number of aliphatic hydroxyl groups is 3. The molecule has 4 saturated carbocycles. The molecule has 5 aliphatic rings. The van der Waals surface area contributed by atoms with Crippen molar-refractivity contribution in [3.63, 3.8) is 0 Å². The van der Waals surface area contributed by atoms with Gasteiger partial charge >= 0.3 is 12.1 Å². The minimum Gasteiger partial charge on any atom is -0.479 e. The van der Waals surface area contributed by atoms with E-state index in [2.05, 4.69) is 53.9 Å². The molecule has 1 aliphatic heterocycles. The van der Waals surface area contributed by atoms with Crippen LogP contribution >= 0.6 is 0 Å². The van der Waals surface area contributed by atoms with Gasteiger partial charge in [-0.15, -0.1) is 0 Å². The summed E-state index contributed by atoms with van der Waals surface area (Å²) in [4.78, 5) is 75.1. The molecule has 0 radical (unpaired) electrons. The lowest BCUT2D eigenvalue weighted by Gasteiger charge is -2.69.